The van der Waals surface area contributed by atoms with Crippen LogP contribution in [0.2, 0.25) is 0 Å². The van der Waals surface area contributed by atoms with Gasteiger partial charge in [0.25, 0.3) is 0 Å². The Kier molecular flexibility index (Phi) is 1.70. The highest BCUT2D eigenvalue weighted by molar-refractivity contribution is 6.75. The molecule has 0 saturated carbocycles. The summed E-state index contributed by atoms with van der Waals surface area (Å²) in [6.07, 6.45) is 0. The summed E-state index contributed by atoms with van der Waals surface area (Å²) in [5.74, 6) is -0.882. The smallest absolute Gasteiger partial charge is 0.445 e. The van der Waals surface area contributed by atoms with Crippen LogP contribution < -0.4 is 11.2 Å². The van der Waals surface area contributed by atoms with E-state index in [-0.39, 0.29) is 11.1 Å². The molecule has 0 bridgehead atoms. The lowest BCUT2D eigenvalue weighted by atomic mass is 9.79. The van der Waals surface area contributed by atoms with Gasteiger partial charge in [-0.05, 0) is 6.07 Å². The Balaban J connectivity index is 2.83. The summed E-state index contributed by atoms with van der Waals surface area (Å²) in [5, 5.41) is 0. The summed E-state index contributed by atoms with van der Waals surface area (Å²) in [6, 6.07) is 3.41. The molecule has 0 unspecified atom stereocenters. The molecule has 1 aromatic heterocycles. The summed E-state index contributed by atoms with van der Waals surface area (Å²) < 4.78 is 41.8. The fourth-order valence-electron chi connectivity index (χ4n) is 1.27. The molecule has 0 saturated heterocycles. The molecule has 1 N–H and O–H groups in total. The molecule has 0 aliphatic carbocycles. The van der Waals surface area contributed by atoms with Crippen LogP contribution in [0.1, 0.15) is 0 Å². The van der Waals surface area contributed by atoms with E-state index in [4.69, 9.17) is 0 Å². The van der Waals surface area contributed by atoms with Gasteiger partial charge < -0.3 is 17.4 Å². The van der Waals surface area contributed by atoms with Crippen LogP contribution in [0.5, 0.6) is 0 Å². The first kappa shape index (κ1) is 8.92. The minimum atomic E-state index is -5.13. The van der Waals surface area contributed by atoms with Crippen molar-refractivity contribution in [3.05, 3.63) is 28.7 Å². The Bertz CT molecular complexity index is 527. The predicted octanol–water partition coefficient (Wildman–Crippen LogP) is 1.18. The number of benzene rings is 1. The van der Waals surface area contributed by atoms with Crippen molar-refractivity contribution in [2.45, 2.75) is 0 Å². The molecular weight excluding hydrogens is 198 g/mol. The van der Waals surface area contributed by atoms with E-state index in [0.717, 1.165) is 6.07 Å². The second-order valence-electron chi connectivity index (χ2n) is 2.81. The molecule has 2 aromatic rings. The molecule has 0 radical (unpaired) electrons. The van der Waals surface area contributed by atoms with E-state index in [1.807, 2.05) is 4.98 Å². The third-order valence-electron chi connectivity index (χ3n) is 1.84. The first-order valence-corrected chi connectivity index (χ1v) is 3.80. The first-order chi connectivity index (χ1) is 6.48. The van der Waals surface area contributed by atoms with Gasteiger partial charge in [-0.1, -0.05) is 17.6 Å². The van der Waals surface area contributed by atoms with Crippen LogP contribution >= 0.6 is 0 Å². The molecule has 0 spiro atoms. The monoisotopic (exact) mass is 202 g/mol. The predicted molar refractivity (Wildman–Crippen MR) is 45.5 cm³/mol. The Hall–Kier alpha value is -1.66. The van der Waals surface area contributed by atoms with E-state index < -0.39 is 18.2 Å². The topological polar surface area (TPSA) is 46.0 Å². The number of halogens is 3. The van der Waals surface area contributed by atoms with Crippen molar-refractivity contribution in [2.24, 2.45) is 0 Å². The SMILES string of the molecule is O=c1[nH]c2c([B-](F)(F)F)cccc2o1. The maximum Gasteiger partial charge on any atom is 0.511 e. The summed E-state index contributed by atoms with van der Waals surface area (Å²) in [6.45, 7) is -5.13. The normalized spacial score (nSPS) is 12.2. The summed E-state index contributed by atoms with van der Waals surface area (Å²) in [7, 11) is 0. The molecule has 3 nitrogen and oxygen atoms in total. The molecule has 7 heteroatoms. The molecule has 14 heavy (non-hydrogen) atoms. The summed E-state index contributed by atoms with van der Waals surface area (Å²) in [5.41, 5.74) is -1.20. The van der Waals surface area contributed by atoms with E-state index in [2.05, 4.69) is 4.42 Å². The van der Waals surface area contributed by atoms with Crippen LogP contribution in [-0.4, -0.2) is 12.0 Å². The quantitative estimate of drug-likeness (QED) is 0.705. The number of hydrogen-bond donors (Lipinski definition) is 1. The zero-order chi connectivity index (χ0) is 10.3. The zero-order valence-electron chi connectivity index (χ0n) is 6.76. The fraction of sp³-hybridized carbons (Fsp3) is 0. The van der Waals surface area contributed by atoms with Crippen molar-refractivity contribution >= 4 is 23.5 Å². The molecule has 2 rings (SSSR count). The van der Waals surface area contributed by atoms with Crippen molar-refractivity contribution in [3.63, 3.8) is 0 Å². The number of H-pyrrole nitrogens is 1. The number of oxazole rings is 1. The molecule has 0 fully saturated rings. The van der Waals surface area contributed by atoms with E-state index >= 15 is 0 Å². The molecule has 0 aliphatic rings. The third kappa shape index (κ3) is 1.30. The van der Waals surface area contributed by atoms with Crippen LogP contribution in [-0.2, 0) is 0 Å². The van der Waals surface area contributed by atoms with Gasteiger partial charge in [-0.3, -0.25) is 4.98 Å². The Labute approximate surface area is 75.6 Å². The number of hydrogen-bond acceptors (Lipinski definition) is 2. The largest absolute Gasteiger partial charge is 0.511 e. The minimum Gasteiger partial charge on any atom is -0.445 e. The number of nitrogens with one attached hydrogen (secondary N) is 1. The van der Waals surface area contributed by atoms with E-state index in [9.17, 15) is 17.7 Å². The van der Waals surface area contributed by atoms with E-state index in [1.165, 1.54) is 12.1 Å². The van der Waals surface area contributed by atoms with E-state index in [1.54, 1.807) is 0 Å². The van der Waals surface area contributed by atoms with Gasteiger partial charge in [-0.15, -0.1) is 0 Å². The number of para-hydroxylation sites is 1. The van der Waals surface area contributed by atoms with Gasteiger partial charge in [0.2, 0.25) is 0 Å². The van der Waals surface area contributed by atoms with Crippen molar-refractivity contribution in [1.82, 2.24) is 4.98 Å². The third-order valence-corrected chi connectivity index (χ3v) is 1.84. The highest BCUT2D eigenvalue weighted by Crippen LogP contribution is 2.15. The van der Waals surface area contributed by atoms with Crippen molar-refractivity contribution in [2.75, 3.05) is 0 Å². The van der Waals surface area contributed by atoms with Crippen LogP contribution in [0.25, 0.3) is 11.1 Å². The zero-order valence-corrected chi connectivity index (χ0v) is 6.76. The highest BCUT2D eigenvalue weighted by Gasteiger charge is 2.28. The van der Waals surface area contributed by atoms with E-state index in [0.29, 0.717) is 0 Å². The number of rotatable bonds is 1. The molecular formula is C7H4BF3NO2-. The second kappa shape index (κ2) is 2.66. The van der Waals surface area contributed by atoms with Gasteiger partial charge in [0, 0.05) is 0 Å². The van der Waals surface area contributed by atoms with Crippen LogP contribution in [0, 0.1) is 0 Å². The lowest BCUT2D eigenvalue weighted by Gasteiger charge is -2.14. The molecule has 0 amide bonds. The van der Waals surface area contributed by atoms with Gasteiger partial charge in [-0.2, -0.15) is 0 Å². The van der Waals surface area contributed by atoms with Gasteiger partial charge in [0.1, 0.15) is 0 Å². The lowest BCUT2D eigenvalue weighted by Crippen LogP contribution is -2.34. The number of fused-ring (bicyclic) bond motifs is 1. The van der Waals surface area contributed by atoms with Crippen molar-refractivity contribution in [3.8, 4) is 0 Å². The standard InChI is InChI=1S/C7H4BF3NO2/c9-8(10,11)4-2-1-3-5-6(4)12-7(13)14-5/h1-3H,(H,12,13)/q-1. The number of aromatic nitrogens is 1. The molecule has 0 aliphatic heterocycles. The van der Waals surface area contributed by atoms with Gasteiger partial charge in [0.05, 0.1) is 5.52 Å². The lowest BCUT2D eigenvalue weighted by molar-refractivity contribution is 0.501. The maximum absolute atomic E-state index is 12.4. The average molecular weight is 202 g/mol. The minimum absolute atomic E-state index is 0.0771. The molecule has 0 atom stereocenters. The first-order valence-electron chi connectivity index (χ1n) is 3.80. The second-order valence-corrected chi connectivity index (χ2v) is 2.81. The van der Waals surface area contributed by atoms with Crippen molar-refractivity contribution < 1.29 is 17.4 Å². The van der Waals surface area contributed by atoms with Crippen LogP contribution in [0.4, 0.5) is 12.9 Å². The molecule has 1 aromatic carbocycles. The summed E-state index contributed by atoms with van der Waals surface area (Å²) in [4.78, 5) is 12.7. The molecule has 74 valence electrons. The highest BCUT2D eigenvalue weighted by atomic mass is 19.4. The Morgan fingerprint density at radius 3 is 2.64 bits per heavy atom. The van der Waals surface area contributed by atoms with Crippen LogP contribution in [0.15, 0.2) is 27.4 Å². The molecule has 1 heterocycles. The van der Waals surface area contributed by atoms with Gasteiger partial charge in [0.15, 0.2) is 5.58 Å². The summed E-state index contributed by atoms with van der Waals surface area (Å²) >= 11 is 0. The Morgan fingerprint density at radius 2 is 2.00 bits per heavy atom. The fourth-order valence-corrected chi connectivity index (χ4v) is 1.27. The Morgan fingerprint density at radius 1 is 1.29 bits per heavy atom. The van der Waals surface area contributed by atoms with Crippen LogP contribution in [0.3, 0.4) is 0 Å². The van der Waals surface area contributed by atoms with Crippen molar-refractivity contribution in [1.29, 1.82) is 0 Å². The maximum atomic E-state index is 12.4. The number of aromatic amines is 1. The van der Waals surface area contributed by atoms with Gasteiger partial charge in [-0.25, -0.2) is 4.79 Å². The van der Waals surface area contributed by atoms with Gasteiger partial charge >= 0.3 is 12.7 Å². The average Bonchev–Trinajstić information content (AvgIpc) is 2.41.